The van der Waals surface area contributed by atoms with Crippen LogP contribution in [0.1, 0.15) is 53.5 Å². The lowest BCUT2D eigenvalue weighted by Crippen LogP contribution is -2.33. The molecule has 2 aromatic rings. The van der Waals surface area contributed by atoms with E-state index < -0.39 is 31.2 Å². The first-order valence-corrected chi connectivity index (χ1v) is 11.2. The van der Waals surface area contributed by atoms with Gasteiger partial charge in [0.15, 0.2) is 5.69 Å². The van der Waals surface area contributed by atoms with Crippen molar-refractivity contribution in [3.8, 4) is 11.4 Å². The van der Waals surface area contributed by atoms with Crippen LogP contribution >= 0.6 is 0 Å². The molecule has 0 unspecified atom stereocenters. The molecule has 2 rings (SSSR count). The smallest absolute Gasteiger partial charge is 0.405 e. The van der Waals surface area contributed by atoms with Gasteiger partial charge in [-0.25, -0.2) is 4.68 Å². The minimum Gasteiger partial charge on any atom is -0.491 e. The summed E-state index contributed by atoms with van der Waals surface area (Å²) in [7, 11) is 0. The van der Waals surface area contributed by atoms with E-state index in [1.807, 2.05) is 12.2 Å². The molecule has 194 valence electrons. The van der Waals surface area contributed by atoms with Crippen LogP contribution in [0.2, 0.25) is 0 Å². The lowest BCUT2D eigenvalue weighted by atomic mass is 10.1. The van der Waals surface area contributed by atoms with Crippen LogP contribution in [0.4, 0.5) is 17.6 Å². The predicted molar refractivity (Wildman–Crippen MR) is 119 cm³/mol. The third-order valence-electron chi connectivity index (χ3n) is 4.67. The van der Waals surface area contributed by atoms with Crippen molar-refractivity contribution in [2.24, 2.45) is 0 Å². The van der Waals surface area contributed by atoms with Crippen molar-refractivity contribution in [2.45, 2.75) is 38.8 Å². The molecule has 9 nitrogen and oxygen atoms in total. The molecule has 0 bridgehead atoms. The van der Waals surface area contributed by atoms with E-state index in [0.29, 0.717) is 38.2 Å². The van der Waals surface area contributed by atoms with Gasteiger partial charge in [-0.05, 0) is 44.4 Å². The van der Waals surface area contributed by atoms with Crippen LogP contribution in [0.15, 0.2) is 24.4 Å². The molecule has 0 aliphatic carbocycles. The highest BCUT2D eigenvalue weighted by Crippen LogP contribution is 2.25. The number of ether oxygens (including phenoxy) is 2. The van der Waals surface area contributed by atoms with Crippen molar-refractivity contribution < 1.29 is 36.6 Å². The highest BCUT2D eigenvalue weighted by atomic mass is 19.4. The molecule has 13 heteroatoms. The fraction of sp³-hybridized carbons (Fsp3) is 0.545. The van der Waals surface area contributed by atoms with E-state index in [4.69, 9.17) is 9.47 Å². The van der Waals surface area contributed by atoms with Gasteiger partial charge in [0.1, 0.15) is 18.0 Å². The Morgan fingerprint density at radius 3 is 2.54 bits per heavy atom. The Bertz CT molecular complexity index is 952. The molecule has 0 aliphatic rings. The van der Waals surface area contributed by atoms with Gasteiger partial charge < -0.3 is 20.1 Å². The predicted octanol–water partition coefficient (Wildman–Crippen LogP) is 3.23. The van der Waals surface area contributed by atoms with Gasteiger partial charge in [0, 0.05) is 18.7 Å². The number of nitrogens with zero attached hydrogens (tertiary/aromatic N) is 3. The summed E-state index contributed by atoms with van der Waals surface area (Å²) >= 11 is 0. The Balaban J connectivity index is 2.16. The molecule has 1 heterocycles. The number of halogens is 4. The quantitative estimate of drug-likeness (QED) is 0.286. The molecule has 0 saturated carbocycles. The molecule has 0 saturated heterocycles. The van der Waals surface area contributed by atoms with Crippen molar-refractivity contribution in [3.63, 3.8) is 0 Å². The van der Waals surface area contributed by atoms with E-state index in [9.17, 15) is 27.2 Å². The third-order valence-corrected chi connectivity index (χ3v) is 4.67. The SMILES string of the molecule is CCOCCNC(=O)c1cn(-c2ccc(C(=O)NCC(F)(F)F)cc2OCCCCCCF)nn1. The number of hydrogen-bond acceptors (Lipinski definition) is 6. The highest BCUT2D eigenvalue weighted by Gasteiger charge is 2.28. The Labute approximate surface area is 200 Å². The number of aromatic nitrogens is 3. The first-order valence-electron chi connectivity index (χ1n) is 11.2. The van der Waals surface area contributed by atoms with Gasteiger partial charge >= 0.3 is 6.18 Å². The molecular formula is C22H29F4N5O4. The van der Waals surface area contributed by atoms with Gasteiger partial charge in [-0.1, -0.05) is 11.6 Å². The van der Waals surface area contributed by atoms with Crippen LogP contribution in [-0.2, 0) is 4.74 Å². The number of nitrogens with one attached hydrogen (secondary N) is 2. The minimum absolute atomic E-state index is 0.0330. The largest absolute Gasteiger partial charge is 0.491 e. The topological polar surface area (TPSA) is 107 Å². The second-order valence-electron chi connectivity index (χ2n) is 7.43. The maximum absolute atomic E-state index is 12.5. The second kappa shape index (κ2) is 14.2. The fourth-order valence-electron chi connectivity index (χ4n) is 2.93. The zero-order valence-electron chi connectivity index (χ0n) is 19.4. The van der Waals surface area contributed by atoms with Gasteiger partial charge in [0.05, 0.1) is 26.1 Å². The number of carbonyl (C=O) groups excluding carboxylic acids is 2. The summed E-state index contributed by atoms with van der Waals surface area (Å²) in [5, 5.41) is 12.2. The average Bonchev–Trinajstić information content (AvgIpc) is 3.32. The van der Waals surface area contributed by atoms with Gasteiger partial charge in [-0.3, -0.25) is 14.0 Å². The van der Waals surface area contributed by atoms with Crippen molar-refractivity contribution in [3.05, 3.63) is 35.7 Å². The summed E-state index contributed by atoms with van der Waals surface area (Å²) in [6.45, 7) is 1.36. The molecule has 1 aromatic carbocycles. The van der Waals surface area contributed by atoms with Crippen molar-refractivity contribution >= 4 is 11.8 Å². The minimum atomic E-state index is -4.55. The first-order chi connectivity index (χ1) is 16.7. The second-order valence-corrected chi connectivity index (χ2v) is 7.43. The maximum Gasteiger partial charge on any atom is 0.405 e. The van der Waals surface area contributed by atoms with Crippen LogP contribution in [-0.4, -0.2) is 72.6 Å². The molecule has 0 fully saturated rings. The normalized spacial score (nSPS) is 11.3. The highest BCUT2D eigenvalue weighted by molar-refractivity contribution is 5.95. The molecular weight excluding hydrogens is 474 g/mol. The summed E-state index contributed by atoms with van der Waals surface area (Å²) in [6.07, 6.45) is -0.709. The lowest BCUT2D eigenvalue weighted by molar-refractivity contribution is -0.123. The van der Waals surface area contributed by atoms with E-state index in [2.05, 4.69) is 15.6 Å². The van der Waals surface area contributed by atoms with Crippen LogP contribution in [0.3, 0.4) is 0 Å². The van der Waals surface area contributed by atoms with E-state index in [0.717, 1.165) is 6.42 Å². The van der Waals surface area contributed by atoms with Crippen LogP contribution < -0.4 is 15.4 Å². The van der Waals surface area contributed by atoms with Gasteiger partial charge in [0.25, 0.3) is 11.8 Å². The number of carbonyl (C=O) groups is 2. The fourth-order valence-corrected chi connectivity index (χ4v) is 2.93. The number of amides is 2. The van der Waals surface area contributed by atoms with Crippen molar-refractivity contribution in [2.75, 3.05) is 39.6 Å². The first kappa shape index (κ1) is 28.0. The Morgan fingerprint density at radius 2 is 1.83 bits per heavy atom. The van der Waals surface area contributed by atoms with Gasteiger partial charge in [-0.15, -0.1) is 5.10 Å². The molecule has 0 atom stereocenters. The molecule has 0 spiro atoms. The number of rotatable bonds is 15. The van der Waals surface area contributed by atoms with E-state index >= 15 is 0 Å². The average molecular weight is 503 g/mol. The Hall–Kier alpha value is -3.22. The van der Waals surface area contributed by atoms with Crippen LogP contribution in [0.5, 0.6) is 5.75 Å². The number of unbranched alkanes of at least 4 members (excludes halogenated alkanes) is 3. The van der Waals surface area contributed by atoms with Crippen LogP contribution in [0.25, 0.3) is 5.69 Å². The Kier molecular flexibility index (Phi) is 11.4. The third kappa shape index (κ3) is 9.89. The summed E-state index contributed by atoms with van der Waals surface area (Å²) in [5.74, 6) is -1.22. The van der Waals surface area contributed by atoms with Crippen molar-refractivity contribution in [1.29, 1.82) is 0 Å². The molecule has 0 radical (unpaired) electrons. The van der Waals surface area contributed by atoms with Gasteiger partial charge in [-0.2, -0.15) is 13.2 Å². The summed E-state index contributed by atoms with van der Waals surface area (Å²) in [6, 6.07) is 4.05. The van der Waals surface area contributed by atoms with E-state index in [1.165, 1.54) is 29.1 Å². The van der Waals surface area contributed by atoms with Crippen LogP contribution in [0, 0.1) is 0 Å². The van der Waals surface area contributed by atoms with Crippen molar-refractivity contribution in [1.82, 2.24) is 25.6 Å². The summed E-state index contributed by atoms with van der Waals surface area (Å²) in [5.41, 5.74) is 0.326. The number of hydrogen-bond donors (Lipinski definition) is 2. The molecule has 35 heavy (non-hydrogen) atoms. The summed E-state index contributed by atoms with van der Waals surface area (Å²) in [4.78, 5) is 24.4. The Morgan fingerprint density at radius 1 is 1.06 bits per heavy atom. The molecule has 2 amide bonds. The zero-order chi connectivity index (χ0) is 25.7. The van der Waals surface area contributed by atoms with E-state index in [1.54, 1.807) is 0 Å². The maximum atomic E-state index is 12.5. The monoisotopic (exact) mass is 503 g/mol. The lowest BCUT2D eigenvalue weighted by Gasteiger charge is -2.14. The number of benzene rings is 1. The number of alkyl halides is 4. The molecule has 2 N–H and O–H groups in total. The zero-order valence-corrected chi connectivity index (χ0v) is 19.4. The van der Waals surface area contributed by atoms with Gasteiger partial charge in [0.2, 0.25) is 0 Å². The summed E-state index contributed by atoms with van der Waals surface area (Å²) < 4.78 is 61.8. The molecule has 0 aliphatic heterocycles. The molecule has 1 aromatic heterocycles. The van der Waals surface area contributed by atoms with E-state index in [-0.39, 0.29) is 30.2 Å². The standard InChI is InChI=1S/C22H29F4N5O4/c1-2-34-12-10-27-21(33)17-14-31(30-29-17)18-8-7-16(20(32)28-15-22(24,25)26)13-19(18)35-11-6-4-3-5-9-23/h7-8,13-14H,2-6,9-12,15H2,1H3,(H,27,33)(H,28,32).